The maximum Gasteiger partial charge on any atom is 0.305 e. The number of aliphatic hydroxyl groups excluding tert-OH is 2. The minimum atomic E-state index is -0.659. The molecule has 452 valence electrons. The molecule has 0 aliphatic rings. The van der Waals surface area contributed by atoms with E-state index < -0.39 is 12.1 Å². The number of unbranched alkanes of at least 4 members (excludes halogenated alkanes) is 53. The number of hydrogen-bond donors (Lipinski definition) is 3. The number of nitrogens with one attached hydrogen (secondary N) is 1. The standard InChI is InChI=1S/C70H137NO5/c1-3-5-7-9-11-13-15-16-17-18-34-37-40-44-48-52-56-60-64-70(75)76-65-61-57-53-49-45-41-38-35-32-30-28-26-24-22-20-19-21-23-25-27-29-31-33-36-39-43-47-51-55-59-63-69(74)71-67(66-72)68(73)62-58-54-50-46-42-14-12-10-8-6-4-2/h17-18,67-68,72-73H,3-16,19-66H2,1-2H3,(H,71,74)/b18-17-. The van der Waals surface area contributed by atoms with Crippen molar-refractivity contribution in [3.63, 3.8) is 0 Å². The number of aliphatic hydroxyl groups is 2. The number of carbonyl (C=O) groups excluding carboxylic acids is 2. The number of amides is 1. The van der Waals surface area contributed by atoms with Crippen molar-refractivity contribution in [3.05, 3.63) is 12.2 Å². The van der Waals surface area contributed by atoms with Gasteiger partial charge in [-0.15, -0.1) is 0 Å². The lowest BCUT2D eigenvalue weighted by molar-refractivity contribution is -0.143. The maximum absolute atomic E-state index is 12.5. The number of carbonyl (C=O) groups is 2. The van der Waals surface area contributed by atoms with Crippen molar-refractivity contribution in [2.75, 3.05) is 13.2 Å². The van der Waals surface area contributed by atoms with Gasteiger partial charge in [0.05, 0.1) is 25.4 Å². The first kappa shape index (κ1) is 74.6. The Balaban J connectivity index is 3.29. The molecule has 0 bridgehead atoms. The van der Waals surface area contributed by atoms with E-state index in [1.54, 1.807) is 0 Å². The summed E-state index contributed by atoms with van der Waals surface area (Å²) in [6, 6.07) is -0.536. The summed E-state index contributed by atoms with van der Waals surface area (Å²) < 4.78 is 5.51. The summed E-state index contributed by atoms with van der Waals surface area (Å²) in [6.45, 7) is 4.98. The van der Waals surface area contributed by atoms with Crippen molar-refractivity contribution in [1.82, 2.24) is 5.32 Å². The second-order valence-corrected chi connectivity index (χ2v) is 24.2. The Labute approximate surface area is 476 Å². The number of esters is 1. The zero-order chi connectivity index (χ0) is 55.0. The van der Waals surface area contributed by atoms with Gasteiger partial charge in [0.15, 0.2) is 0 Å². The molecule has 0 saturated carbocycles. The highest BCUT2D eigenvalue weighted by Gasteiger charge is 2.20. The first-order valence-corrected chi connectivity index (χ1v) is 34.9. The van der Waals surface area contributed by atoms with Crippen LogP contribution in [0.5, 0.6) is 0 Å². The molecule has 0 rings (SSSR count). The molecule has 0 aliphatic heterocycles. The van der Waals surface area contributed by atoms with Crippen molar-refractivity contribution in [1.29, 1.82) is 0 Å². The number of hydrogen-bond acceptors (Lipinski definition) is 5. The largest absolute Gasteiger partial charge is 0.466 e. The highest BCUT2D eigenvalue weighted by molar-refractivity contribution is 5.76. The normalized spacial score (nSPS) is 12.5. The highest BCUT2D eigenvalue weighted by atomic mass is 16.5. The van der Waals surface area contributed by atoms with Crippen LogP contribution in [0, 0.1) is 0 Å². The third-order valence-electron chi connectivity index (χ3n) is 16.6. The Morgan fingerprint density at radius 3 is 0.934 bits per heavy atom. The predicted molar refractivity (Wildman–Crippen MR) is 333 cm³/mol. The number of rotatable bonds is 66. The summed E-state index contributed by atoms with van der Waals surface area (Å²) in [7, 11) is 0. The molecule has 0 aromatic heterocycles. The fraction of sp³-hybridized carbons (Fsp3) is 0.943. The minimum absolute atomic E-state index is 0.0180. The Morgan fingerprint density at radius 1 is 0.355 bits per heavy atom. The van der Waals surface area contributed by atoms with Crippen LogP contribution in [0.1, 0.15) is 399 Å². The van der Waals surface area contributed by atoms with Crippen molar-refractivity contribution < 1.29 is 24.5 Å². The van der Waals surface area contributed by atoms with Crippen LogP contribution in [0.3, 0.4) is 0 Å². The first-order chi connectivity index (χ1) is 37.5. The van der Waals surface area contributed by atoms with Gasteiger partial charge in [0, 0.05) is 12.8 Å². The lowest BCUT2D eigenvalue weighted by Gasteiger charge is -2.22. The maximum atomic E-state index is 12.5. The monoisotopic (exact) mass is 1070 g/mol. The topological polar surface area (TPSA) is 95.9 Å². The van der Waals surface area contributed by atoms with Crippen molar-refractivity contribution in [2.24, 2.45) is 0 Å². The fourth-order valence-corrected chi connectivity index (χ4v) is 11.2. The van der Waals surface area contributed by atoms with Crippen LogP contribution in [0.2, 0.25) is 0 Å². The van der Waals surface area contributed by atoms with Crippen LogP contribution >= 0.6 is 0 Å². The summed E-state index contributed by atoms with van der Waals surface area (Å²) in [5.74, 6) is -0.0119. The van der Waals surface area contributed by atoms with E-state index in [1.165, 1.54) is 321 Å². The first-order valence-electron chi connectivity index (χ1n) is 34.9. The van der Waals surface area contributed by atoms with Gasteiger partial charge in [-0.3, -0.25) is 9.59 Å². The molecule has 0 aliphatic carbocycles. The summed E-state index contributed by atoms with van der Waals surface area (Å²) >= 11 is 0. The molecule has 3 N–H and O–H groups in total. The molecular formula is C70H137NO5. The molecule has 0 heterocycles. The molecule has 1 amide bonds. The van der Waals surface area contributed by atoms with Gasteiger partial charge in [-0.05, 0) is 51.4 Å². The van der Waals surface area contributed by atoms with Crippen molar-refractivity contribution in [2.45, 2.75) is 411 Å². The van der Waals surface area contributed by atoms with E-state index >= 15 is 0 Å². The molecule has 6 nitrogen and oxygen atoms in total. The second kappa shape index (κ2) is 66.1. The van der Waals surface area contributed by atoms with Gasteiger partial charge in [0.2, 0.25) is 5.91 Å². The smallest absolute Gasteiger partial charge is 0.305 e. The lowest BCUT2D eigenvalue weighted by Crippen LogP contribution is -2.45. The molecule has 0 aromatic rings. The Morgan fingerprint density at radius 2 is 0.618 bits per heavy atom. The Bertz CT molecular complexity index is 1140. The Kier molecular flexibility index (Phi) is 64.9. The SMILES string of the molecule is CCCCCCCCC/C=C\CCCCCCCCCC(=O)OCCCCCCCCCCCCCCCCCCCCCCCCCCCCCCCCC(=O)NC(CO)C(O)CCCCCCCCCCCCC. The lowest BCUT2D eigenvalue weighted by atomic mass is 10.0. The van der Waals surface area contributed by atoms with E-state index in [-0.39, 0.29) is 18.5 Å². The van der Waals surface area contributed by atoms with Gasteiger partial charge in [-0.2, -0.15) is 0 Å². The number of ether oxygens (including phenoxy) is 1. The van der Waals surface area contributed by atoms with Gasteiger partial charge >= 0.3 is 5.97 Å². The van der Waals surface area contributed by atoms with Crippen LogP contribution in [0.15, 0.2) is 12.2 Å². The van der Waals surface area contributed by atoms with Gasteiger partial charge in [-0.25, -0.2) is 0 Å². The molecule has 76 heavy (non-hydrogen) atoms. The fourth-order valence-electron chi connectivity index (χ4n) is 11.2. The molecule has 6 heteroatoms. The zero-order valence-corrected chi connectivity index (χ0v) is 51.8. The summed E-state index contributed by atoms with van der Waals surface area (Å²) in [6.07, 6.45) is 81.3. The summed E-state index contributed by atoms with van der Waals surface area (Å²) in [5, 5.41) is 23.2. The van der Waals surface area contributed by atoms with Crippen molar-refractivity contribution in [3.8, 4) is 0 Å². The van der Waals surface area contributed by atoms with E-state index in [0.29, 0.717) is 25.9 Å². The average molecular weight is 1070 g/mol. The van der Waals surface area contributed by atoms with Crippen LogP contribution in [-0.4, -0.2) is 47.4 Å². The highest BCUT2D eigenvalue weighted by Crippen LogP contribution is 2.19. The molecule has 0 fully saturated rings. The molecule has 0 saturated heterocycles. The van der Waals surface area contributed by atoms with Gasteiger partial charge in [-0.1, -0.05) is 347 Å². The molecule has 0 spiro atoms. The zero-order valence-electron chi connectivity index (χ0n) is 51.8. The number of allylic oxidation sites excluding steroid dienone is 2. The van der Waals surface area contributed by atoms with Gasteiger partial charge in [0.25, 0.3) is 0 Å². The van der Waals surface area contributed by atoms with E-state index in [2.05, 4.69) is 31.3 Å². The van der Waals surface area contributed by atoms with Crippen LogP contribution in [0.25, 0.3) is 0 Å². The van der Waals surface area contributed by atoms with E-state index in [9.17, 15) is 19.8 Å². The third kappa shape index (κ3) is 61.8. The van der Waals surface area contributed by atoms with Gasteiger partial charge < -0.3 is 20.3 Å². The molecule has 2 unspecified atom stereocenters. The van der Waals surface area contributed by atoms with E-state index in [4.69, 9.17) is 4.74 Å². The minimum Gasteiger partial charge on any atom is -0.466 e. The molecule has 2 atom stereocenters. The quantitative estimate of drug-likeness (QED) is 0.0320. The third-order valence-corrected chi connectivity index (χ3v) is 16.6. The summed E-state index contributed by atoms with van der Waals surface area (Å²) in [5.41, 5.74) is 0. The molecule has 0 aromatic carbocycles. The Hall–Kier alpha value is -1.40. The second-order valence-electron chi connectivity index (χ2n) is 24.2. The van der Waals surface area contributed by atoms with E-state index in [1.807, 2.05) is 0 Å². The van der Waals surface area contributed by atoms with Crippen LogP contribution < -0.4 is 5.32 Å². The molecule has 0 radical (unpaired) electrons. The average Bonchev–Trinajstić information content (AvgIpc) is 3.42. The van der Waals surface area contributed by atoms with E-state index in [0.717, 1.165) is 44.9 Å². The van der Waals surface area contributed by atoms with Gasteiger partial charge in [0.1, 0.15) is 0 Å². The van der Waals surface area contributed by atoms with Crippen LogP contribution in [0.4, 0.5) is 0 Å². The summed E-state index contributed by atoms with van der Waals surface area (Å²) in [4.78, 5) is 24.6. The van der Waals surface area contributed by atoms with Crippen molar-refractivity contribution >= 4 is 11.9 Å². The molecular weight excluding hydrogens is 935 g/mol. The predicted octanol–water partition coefficient (Wildman–Crippen LogP) is 22.4. The van der Waals surface area contributed by atoms with Crippen LogP contribution in [-0.2, 0) is 14.3 Å².